The molecule has 7 heteroatoms. The zero-order valence-corrected chi connectivity index (χ0v) is 15.2. The number of hydrogen-bond acceptors (Lipinski definition) is 5. The van der Waals surface area contributed by atoms with Gasteiger partial charge in [0.25, 0.3) is 0 Å². The molecule has 1 unspecified atom stereocenters. The molecule has 4 nitrogen and oxygen atoms in total. The van der Waals surface area contributed by atoms with Gasteiger partial charge >= 0.3 is 0 Å². The number of halogens is 2. The predicted octanol–water partition coefficient (Wildman–Crippen LogP) is 5.06. The molecular formula is C17H15Cl2NO3S. The molecular weight excluding hydrogens is 369 g/mol. The van der Waals surface area contributed by atoms with E-state index in [0.29, 0.717) is 27.9 Å². The van der Waals surface area contributed by atoms with Crippen molar-refractivity contribution in [2.45, 2.75) is 13.0 Å². The molecule has 0 aliphatic rings. The van der Waals surface area contributed by atoms with Crippen molar-refractivity contribution in [2.75, 3.05) is 6.61 Å². The van der Waals surface area contributed by atoms with Gasteiger partial charge in [-0.15, -0.1) is 0 Å². The lowest BCUT2D eigenvalue weighted by atomic mass is 10.1. The predicted molar refractivity (Wildman–Crippen MR) is 100 cm³/mol. The molecule has 1 aromatic carbocycles. The van der Waals surface area contributed by atoms with Crippen LogP contribution in [0.1, 0.15) is 6.92 Å². The number of ether oxygens (including phenoxy) is 2. The van der Waals surface area contributed by atoms with Crippen LogP contribution in [0.4, 0.5) is 0 Å². The lowest BCUT2D eigenvalue weighted by molar-refractivity contribution is 0.229. The van der Waals surface area contributed by atoms with Gasteiger partial charge in [-0.2, -0.15) is 0 Å². The van der Waals surface area contributed by atoms with Crippen molar-refractivity contribution in [1.82, 2.24) is 4.98 Å². The number of hydrogen-bond donors (Lipinski definition) is 1. The van der Waals surface area contributed by atoms with Crippen LogP contribution in [0.2, 0.25) is 10.0 Å². The van der Waals surface area contributed by atoms with E-state index < -0.39 is 6.10 Å². The first-order chi connectivity index (χ1) is 11.4. The third-order valence-corrected chi connectivity index (χ3v) is 3.96. The molecule has 24 heavy (non-hydrogen) atoms. The summed E-state index contributed by atoms with van der Waals surface area (Å²) < 4.78 is 10.9. The molecule has 0 aliphatic heterocycles. The van der Waals surface area contributed by atoms with Crippen LogP contribution in [-0.4, -0.2) is 27.9 Å². The smallest absolute Gasteiger partial charge is 0.201 e. The summed E-state index contributed by atoms with van der Waals surface area (Å²) in [5.41, 5.74) is 1.15. The largest absolute Gasteiger partial charge is 0.504 e. The lowest BCUT2D eigenvalue weighted by Crippen LogP contribution is -2.24. The SMILES string of the molecule is C=CCOC(=S)C(C)Oc1ccc(-c2ncc(Cl)cc2Cl)cc1O. The molecule has 1 heterocycles. The molecule has 1 atom stereocenters. The number of phenols is 1. The van der Waals surface area contributed by atoms with Crippen LogP contribution in [0.15, 0.2) is 43.1 Å². The Morgan fingerprint density at radius 3 is 2.79 bits per heavy atom. The van der Waals surface area contributed by atoms with E-state index in [0.717, 1.165) is 0 Å². The zero-order valence-electron chi connectivity index (χ0n) is 12.8. The van der Waals surface area contributed by atoms with Crippen molar-refractivity contribution in [2.24, 2.45) is 0 Å². The van der Waals surface area contributed by atoms with Crippen molar-refractivity contribution < 1.29 is 14.6 Å². The van der Waals surface area contributed by atoms with Gasteiger partial charge in [0.15, 0.2) is 17.6 Å². The number of thiocarbonyl (C=S) groups is 1. The Balaban J connectivity index is 2.17. The molecule has 126 valence electrons. The summed E-state index contributed by atoms with van der Waals surface area (Å²) in [5, 5.41) is 11.3. The number of pyridine rings is 1. The minimum atomic E-state index is -0.506. The summed E-state index contributed by atoms with van der Waals surface area (Å²) in [5.74, 6) is 0.222. The highest BCUT2D eigenvalue weighted by Crippen LogP contribution is 2.34. The summed E-state index contributed by atoms with van der Waals surface area (Å²) in [6.45, 7) is 5.59. The molecule has 2 aromatic rings. The molecule has 1 N–H and O–H groups in total. The number of phenolic OH excluding ortho intramolecular Hbond substituents is 1. The van der Waals surface area contributed by atoms with Gasteiger partial charge in [0.05, 0.1) is 15.7 Å². The molecule has 0 spiro atoms. The van der Waals surface area contributed by atoms with Crippen molar-refractivity contribution in [3.8, 4) is 22.8 Å². The van der Waals surface area contributed by atoms with Crippen LogP contribution in [0, 0.1) is 0 Å². The summed E-state index contributed by atoms with van der Waals surface area (Å²) >= 11 is 17.1. The highest BCUT2D eigenvalue weighted by molar-refractivity contribution is 7.80. The minimum Gasteiger partial charge on any atom is -0.504 e. The fraction of sp³-hybridized carbons (Fsp3) is 0.176. The summed E-state index contributed by atoms with van der Waals surface area (Å²) in [4.78, 5) is 4.18. The normalized spacial score (nSPS) is 11.6. The van der Waals surface area contributed by atoms with Crippen LogP contribution in [-0.2, 0) is 4.74 Å². The molecule has 0 saturated carbocycles. The van der Waals surface area contributed by atoms with E-state index in [2.05, 4.69) is 11.6 Å². The van der Waals surface area contributed by atoms with E-state index in [4.69, 9.17) is 44.9 Å². The number of aromatic hydroxyl groups is 1. The molecule has 0 amide bonds. The third kappa shape index (κ3) is 4.60. The summed E-state index contributed by atoms with van der Waals surface area (Å²) in [7, 11) is 0. The first-order valence-electron chi connectivity index (χ1n) is 7.01. The van der Waals surface area contributed by atoms with E-state index in [9.17, 15) is 5.11 Å². The maximum Gasteiger partial charge on any atom is 0.201 e. The van der Waals surface area contributed by atoms with Gasteiger partial charge in [-0.1, -0.05) is 35.9 Å². The summed E-state index contributed by atoms with van der Waals surface area (Å²) in [6, 6.07) is 6.45. The molecule has 0 saturated heterocycles. The number of nitrogens with zero attached hydrogens (tertiary/aromatic N) is 1. The maximum atomic E-state index is 10.2. The van der Waals surface area contributed by atoms with E-state index in [-0.39, 0.29) is 16.5 Å². The maximum absolute atomic E-state index is 10.2. The first-order valence-corrected chi connectivity index (χ1v) is 8.17. The summed E-state index contributed by atoms with van der Waals surface area (Å²) in [6.07, 6.45) is 2.57. The highest BCUT2D eigenvalue weighted by Gasteiger charge is 2.15. The fourth-order valence-electron chi connectivity index (χ4n) is 1.89. The Morgan fingerprint density at radius 2 is 2.17 bits per heavy atom. The van der Waals surface area contributed by atoms with Crippen molar-refractivity contribution >= 4 is 40.5 Å². The molecule has 0 aliphatic carbocycles. The molecule has 0 fully saturated rings. The van der Waals surface area contributed by atoms with Crippen LogP contribution in [0.25, 0.3) is 11.3 Å². The molecule has 0 bridgehead atoms. The molecule has 2 rings (SSSR count). The lowest BCUT2D eigenvalue weighted by Gasteiger charge is -2.17. The fourth-order valence-corrected chi connectivity index (χ4v) is 2.49. The number of benzene rings is 1. The van der Waals surface area contributed by atoms with Gasteiger partial charge in [-0.25, -0.2) is 0 Å². The zero-order chi connectivity index (χ0) is 17.7. The monoisotopic (exact) mass is 383 g/mol. The Labute approximate surface area is 155 Å². The van der Waals surface area contributed by atoms with Gasteiger partial charge < -0.3 is 14.6 Å². The van der Waals surface area contributed by atoms with E-state index >= 15 is 0 Å². The molecule has 1 aromatic heterocycles. The Morgan fingerprint density at radius 1 is 1.42 bits per heavy atom. The van der Waals surface area contributed by atoms with E-state index in [1.54, 1.807) is 31.2 Å². The van der Waals surface area contributed by atoms with Gasteiger partial charge in [0.1, 0.15) is 6.61 Å². The Hall–Kier alpha value is -1.82. The van der Waals surface area contributed by atoms with E-state index in [1.165, 1.54) is 12.3 Å². The third-order valence-electron chi connectivity index (χ3n) is 3.02. The van der Waals surface area contributed by atoms with Gasteiger partial charge in [-0.05, 0) is 43.4 Å². The highest BCUT2D eigenvalue weighted by atomic mass is 35.5. The number of aromatic nitrogens is 1. The topological polar surface area (TPSA) is 51.6 Å². The van der Waals surface area contributed by atoms with Crippen molar-refractivity contribution in [3.05, 3.63) is 53.2 Å². The van der Waals surface area contributed by atoms with E-state index in [1.807, 2.05) is 0 Å². The Kier molecular flexibility index (Phi) is 6.43. The second kappa shape index (κ2) is 8.33. The molecule has 0 radical (unpaired) electrons. The standard InChI is InChI=1S/C17H15Cl2NO3S/c1-3-6-22-17(24)10(2)23-15-5-4-11(7-14(15)21)16-13(19)8-12(18)9-20-16/h3-5,7-10,21H,1,6H2,2H3. The second-order valence-corrected chi connectivity index (χ2v) is 6.09. The van der Waals surface area contributed by atoms with Crippen molar-refractivity contribution in [1.29, 1.82) is 0 Å². The Bertz CT molecular complexity index is 767. The van der Waals surface area contributed by atoms with Gasteiger partial charge in [-0.3, -0.25) is 4.98 Å². The van der Waals surface area contributed by atoms with Crippen LogP contribution < -0.4 is 4.74 Å². The number of rotatable bonds is 6. The average molecular weight is 384 g/mol. The van der Waals surface area contributed by atoms with Crippen LogP contribution >= 0.6 is 35.4 Å². The average Bonchev–Trinajstić information content (AvgIpc) is 2.54. The van der Waals surface area contributed by atoms with Gasteiger partial charge in [0, 0.05) is 11.8 Å². The van der Waals surface area contributed by atoms with Crippen LogP contribution in [0.5, 0.6) is 11.5 Å². The second-order valence-electron chi connectivity index (χ2n) is 4.85. The first kappa shape index (κ1) is 18.5. The minimum absolute atomic E-state index is 0.0568. The quantitative estimate of drug-likeness (QED) is 0.558. The van der Waals surface area contributed by atoms with Gasteiger partial charge in [0.2, 0.25) is 5.05 Å². The van der Waals surface area contributed by atoms with Crippen molar-refractivity contribution in [3.63, 3.8) is 0 Å². The van der Waals surface area contributed by atoms with Crippen LogP contribution in [0.3, 0.4) is 0 Å².